The van der Waals surface area contributed by atoms with E-state index in [1.165, 1.54) is 54.5 Å². The molecule has 3 rings (SSSR count). The molecule has 0 radical (unpaired) electrons. The van der Waals surface area contributed by atoms with E-state index in [9.17, 15) is 0 Å². The molecule has 2 saturated carbocycles. The van der Waals surface area contributed by atoms with E-state index in [1.54, 1.807) is 0 Å². The fraction of sp³-hybridized carbons (Fsp3) is 0.684. The lowest BCUT2D eigenvalue weighted by Crippen LogP contribution is -2.12. The summed E-state index contributed by atoms with van der Waals surface area (Å²) in [5, 5.41) is 0. The molecule has 0 atom stereocenters. The Kier molecular flexibility index (Phi) is 4.18. The van der Waals surface area contributed by atoms with Crippen molar-refractivity contribution in [3.8, 4) is 5.75 Å². The summed E-state index contributed by atoms with van der Waals surface area (Å²) in [5.41, 5.74) is 5.15. The summed E-state index contributed by atoms with van der Waals surface area (Å²) >= 11 is 0. The number of aryl methyl sites for hydroxylation is 1. The van der Waals surface area contributed by atoms with Gasteiger partial charge in [-0.2, -0.15) is 0 Å². The van der Waals surface area contributed by atoms with Crippen molar-refractivity contribution in [2.24, 2.45) is 0 Å². The van der Waals surface area contributed by atoms with Crippen LogP contribution in [0.25, 0.3) is 0 Å². The first-order chi connectivity index (χ1) is 9.54. The predicted octanol–water partition coefficient (Wildman–Crippen LogP) is 5.52. The second-order valence-corrected chi connectivity index (χ2v) is 6.59. The molecular formula is C19H30O. The van der Waals surface area contributed by atoms with Crippen molar-refractivity contribution in [3.05, 3.63) is 28.8 Å². The first-order valence-electron chi connectivity index (χ1n) is 8.24. The minimum Gasteiger partial charge on any atom is -0.496 e. The molecule has 0 spiro atoms. The van der Waals surface area contributed by atoms with Crippen molar-refractivity contribution < 1.29 is 4.74 Å². The van der Waals surface area contributed by atoms with E-state index < -0.39 is 0 Å². The van der Waals surface area contributed by atoms with Crippen LogP contribution in [-0.4, -0.2) is 7.11 Å². The Morgan fingerprint density at radius 2 is 1.60 bits per heavy atom. The summed E-state index contributed by atoms with van der Waals surface area (Å²) in [6.45, 7) is 10.9. The molecule has 112 valence electrons. The van der Waals surface area contributed by atoms with Gasteiger partial charge in [0.05, 0.1) is 7.11 Å². The molecule has 20 heavy (non-hydrogen) atoms. The van der Waals surface area contributed by atoms with Gasteiger partial charge >= 0.3 is 0 Å². The zero-order valence-corrected chi connectivity index (χ0v) is 14.1. The van der Waals surface area contributed by atoms with Gasteiger partial charge in [-0.25, -0.2) is 0 Å². The molecule has 0 unspecified atom stereocenters. The van der Waals surface area contributed by atoms with E-state index in [0.717, 1.165) is 0 Å². The summed E-state index contributed by atoms with van der Waals surface area (Å²) < 4.78 is 5.83. The molecule has 2 aliphatic rings. The smallest absolute Gasteiger partial charge is 0.126 e. The molecule has 1 heteroatoms. The van der Waals surface area contributed by atoms with Crippen LogP contribution in [0.5, 0.6) is 5.75 Å². The zero-order valence-electron chi connectivity index (χ0n) is 14.1. The van der Waals surface area contributed by atoms with Crippen molar-refractivity contribution in [1.82, 2.24) is 0 Å². The maximum atomic E-state index is 5.83. The van der Waals surface area contributed by atoms with E-state index >= 15 is 0 Å². The summed E-state index contributed by atoms with van der Waals surface area (Å²) in [5.74, 6) is 1.19. The minimum absolute atomic E-state index is 0.385. The average Bonchev–Trinajstić information content (AvgIpc) is 3.37. The van der Waals surface area contributed by atoms with E-state index in [-0.39, 0.29) is 0 Å². The van der Waals surface area contributed by atoms with Gasteiger partial charge in [0.25, 0.3) is 0 Å². The van der Waals surface area contributed by atoms with Crippen molar-refractivity contribution in [1.29, 1.82) is 0 Å². The van der Waals surface area contributed by atoms with Gasteiger partial charge in [0.1, 0.15) is 5.75 Å². The molecule has 0 N–H and O–H groups in total. The zero-order chi connectivity index (χ0) is 15.0. The largest absolute Gasteiger partial charge is 0.496 e. The van der Waals surface area contributed by atoms with Crippen LogP contribution in [0.2, 0.25) is 0 Å². The summed E-state index contributed by atoms with van der Waals surface area (Å²) in [6, 6.07) is 4.71. The number of ether oxygens (including phenoxy) is 1. The van der Waals surface area contributed by atoms with Crippen LogP contribution in [0.3, 0.4) is 0 Å². The fourth-order valence-electron chi connectivity index (χ4n) is 3.26. The highest BCUT2D eigenvalue weighted by Gasteiger charge is 2.48. The van der Waals surface area contributed by atoms with Crippen LogP contribution in [0.15, 0.2) is 12.1 Å². The monoisotopic (exact) mass is 274 g/mol. The quantitative estimate of drug-likeness (QED) is 0.702. The second kappa shape index (κ2) is 5.42. The van der Waals surface area contributed by atoms with Crippen molar-refractivity contribution in [2.45, 2.75) is 77.6 Å². The number of methoxy groups -OCH3 is 1. The Bertz CT molecular complexity index is 479. The van der Waals surface area contributed by atoms with Gasteiger partial charge < -0.3 is 4.74 Å². The minimum atomic E-state index is 0.385. The van der Waals surface area contributed by atoms with Crippen LogP contribution in [0.1, 0.15) is 76.5 Å². The first-order valence-corrected chi connectivity index (χ1v) is 8.24. The van der Waals surface area contributed by atoms with Gasteiger partial charge in [-0.15, -0.1) is 0 Å². The topological polar surface area (TPSA) is 9.23 Å². The van der Waals surface area contributed by atoms with Gasteiger partial charge in [0, 0.05) is 11.1 Å². The number of benzene rings is 1. The summed E-state index contributed by atoms with van der Waals surface area (Å²) in [6.07, 6.45) is 6.53. The predicted molar refractivity (Wildman–Crippen MR) is 86.9 cm³/mol. The van der Waals surface area contributed by atoms with Gasteiger partial charge in [0.15, 0.2) is 0 Å². The van der Waals surface area contributed by atoms with Crippen LogP contribution in [-0.2, 0) is 10.8 Å². The van der Waals surface area contributed by atoms with Gasteiger partial charge in [0.2, 0.25) is 0 Å². The van der Waals surface area contributed by atoms with Crippen LogP contribution in [0.4, 0.5) is 0 Å². The lowest BCUT2D eigenvalue weighted by Gasteiger charge is -2.23. The molecular weight excluding hydrogens is 244 g/mol. The molecule has 0 amide bonds. The van der Waals surface area contributed by atoms with E-state index in [1.807, 2.05) is 21.0 Å². The highest BCUT2D eigenvalue weighted by atomic mass is 16.5. The molecule has 0 heterocycles. The maximum absolute atomic E-state index is 5.83. The SMILES string of the molecule is CC.CCC1(c2cc(C)cc(C3(C)CC3)c2OC)CC1. The molecule has 1 aromatic rings. The number of rotatable bonds is 4. The molecule has 0 aliphatic heterocycles. The maximum Gasteiger partial charge on any atom is 0.126 e. The standard InChI is InChI=1S/C17H24O.C2H6/c1-5-17(8-9-17)14-11-12(2)10-13(15(14)18-4)16(3)6-7-16;1-2/h10-11H,5-9H2,1-4H3;1-2H3. The van der Waals surface area contributed by atoms with Crippen molar-refractivity contribution >= 4 is 0 Å². The van der Waals surface area contributed by atoms with E-state index in [2.05, 4.69) is 32.9 Å². The Balaban J connectivity index is 0.000000704. The van der Waals surface area contributed by atoms with Gasteiger partial charge in [-0.05, 0) is 49.9 Å². The first kappa shape index (κ1) is 15.4. The Labute approximate surface area is 124 Å². The van der Waals surface area contributed by atoms with E-state index in [0.29, 0.717) is 10.8 Å². The molecule has 2 aliphatic carbocycles. The third-order valence-corrected chi connectivity index (χ3v) is 5.19. The molecule has 0 saturated heterocycles. The highest BCUT2D eigenvalue weighted by Crippen LogP contribution is 2.58. The average molecular weight is 274 g/mol. The van der Waals surface area contributed by atoms with Crippen LogP contribution >= 0.6 is 0 Å². The lowest BCUT2D eigenvalue weighted by atomic mass is 9.85. The number of hydrogen-bond acceptors (Lipinski definition) is 1. The van der Waals surface area contributed by atoms with E-state index in [4.69, 9.17) is 4.74 Å². The molecule has 0 aromatic heterocycles. The molecule has 2 fully saturated rings. The molecule has 1 nitrogen and oxygen atoms in total. The van der Waals surface area contributed by atoms with Crippen molar-refractivity contribution in [3.63, 3.8) is 0 Å². The Hall–Kier alpha value is -0.980. The van der Waals surface area contributed by atoms with Gasteiger partial charge in [-0.3, -0.25) is 0 Å². The third kappa shape index (κ3) is 2.47. The summed E-state index contributed by atoms with van der Waals surface area (Å²) in [7, 11) is 1.84. The van der Waals surface area contributed by atoms with Crippen LogP contribution < -0.4 is 4.74 Å². The van der Waals surface area contributed by atoms with Crippen molar-refractivity contribution in [2.75, 3.05) is 7.11 Å². The highest BCUT2D eigenvalue weighted by molar-refractivity contribution is 5.54. The fourth-order valence-corrected chi connectivity index (χ4v) is 3.26. The lowest BCUT2D eigenvalue weighted by molar-refractivity contribution is 0.393. The second-order valence-electron chi connectivity index (χ2n) is 6.59. The number of hydrogen-bond donors (Lipinski definition) is 0. The Morgan fingerprint density at radius 1 is 1.05 bits per heavy atom. The molecule has 0 bridgehead atoms. The van der Waals surface area contributed by atoms with Gasteiger partial charge in [-0.1, -0.05) is 45.4 Å². The van der Waals surface area contributed by atoms with Crippen LogP contribution in [0, 0.1) is 6.92 Å². The Morgan fingerprint density at radius 3 is 2.00 bits per heavy atom. The third-order valence-electron chi connectivity index (χ3n) is 5.19. The normalized spacial score (nSPS) is 20.7. The summed E-state index contributed by atoms with van der Waals surface area (Å²) in [4.78, 5) is 0. The molecule has 1 aromatic carbocycles.